The monoisotopic (exact) mass is 228 g/mol. The summed E-state index contributed by atoms with van der Waals surface area (Å²) < 4.78 is 0. The van der Waals surface area contributed by atoms with Gasteiger partial charge in [-0.1, -0.05) is 27.7 Å². The smallest absolute Gasteiger partial charge is 0.00357 e. The first-order valence-corrected chi connectivity index (χ1v) is 6.99. The van der Waals surface area contributed by atoms with E-state index < -0.39 is 0 Å². The van der Waals surface area contributed by atoms with Crippen LogP contribution in [0.5, 0.6) is 0 Å². The average molecular weight is 228 g/mol. The summed E-state index contributed by atoms with van der Waals surface area (Å²) >= 11 is 0. The zero-order valence-electron chi connectivity index (χ0n) is 12.3. The predicted molar refractivity (Wildman–Crippen MR) is 74.0 cm³/mol. The van der Waals surface area contributed by atoms with Crippen molar-refractivity contribution in [3.05, 3.63) is 0 Å². The molecule has 98 valence electrons. The van der Waals surface area contributed by atoms with Gasteiger partial charge in [-0.15, -0.1) is 0 Å². The molecule has 0 bridgehead atoms. The molecule has 1 rings (SSSR count). The fraction of sp³-hybridized carbons (Fsp3) is 1.00. The summed E-state index contributed by atoms with van der Waals surface area (Å²) in [6.07, 6.45) is 4.10. The van der Waals surface area contributed by atoms with Crippen LogP contribution in [-0.4, -0.2) is 50.1 Å². The van der Waals surface area contributed by atoms with Gasteiger partial charge in [-0.3, -0.25) is 0 Å². The van der Waals surface area contributed by atoms with E-state index in [1.165, 1.54) is 45.4 Å². The lowest BCUT2D eigenvalue weighted by Crippen LogP contribution is -2.44. The van der Waals surface area contributed by atoms with Crippen molar-refractivity contribution in [2.45, 2.75) is 47.0 Å². The van der Waals surface area contributed by atoms with E-state index in [-0.39, 0.29) is 0 Å². The van der Waals surface area contributed by atoms with Gasteiger partial charge >= 0.3 is 0 Å². The quantitative estimate of drug-likeness (QED) is 0.729. The minimum atomic E-state index is 0.608. The number of likely N-dealkylation sites (tertiary alicyclic amines) is 1. The Bertz CT molecular complexity index is 160. The molecule has 0 N–H and O–H groups in total. The summed E-state index contributed by atoms with van der Waals surface area (Å²) in [5.41, 5.74) is 0.608. The highest BCUT2D eigenvalue weighted by Crippen LogP contribution is 2.34. The van der Waals surface area contributed by atoms with E-state index in [1.54, 1.807) is 0 Å². The van der Waals surface area contributed by atoms with Crippen molar-refractivity contribution < 1.29 is 0 Å². The Kier molecular flexibility index (Phi) is 8.04. The minimum Gasteiger partial charge on any atom is -0.306 e. The standard InChI is InChI=1S/C12H26N2.C2H6/c1-5-12(11-13(3)6-2)7-9-14(4)10-8-12;1-2/h5-11H2,1-4H3;1-2H3. The number of hydrogen-bond acceptors (Lipinski definition) is 2. The number of nitrogens with zero attached hydrogens (tertiary/aromatic N) is 2. The molecule has 0 saturated carbocycles. The van der Waals surface area contributed by atoms with Gasteiger partial charge in [-0.05, 0) is 58.4 Å². The molecule has 0 spiro atoms. The van der Waals surface area contributed by atoms with Crippen LogP contribution in [0.1, 0.15) is 47.0 Å². The van der Waals surface area contributed by atoms with Crippen LogP contribution in [0.15, 0.2) is 0 Å². The van der Waals surface area contributed by atoms with Gasteiger partial charge in [-0.2, -0.15) is 0 Å². The third-order valence-electron chi connectivity index (χ3n) is 3.94. The highest BCUT2D eigenvalue weighted by Gasteiger charge is 2.32. The van der Waals surface area contributed by atoms with Gasteiger partial charge in [0.15, 0.2) is 0 Å². The fourth-order valence-corrected chi connectivity index (χ4v) is 2.40. The normalized spacial score (nSPS) is 20.4. The Labute approximate surface area is 103 Å². The Morgan fingerprint density at radius 3 is 2.00 bits per heavy atom. The Morgan fingerprint density at radius 2 is 1.62 bits per heavy atom. The van der Waals surface area contributed by atoms with E-state index in [2.05, 4.69) is 37.7 Å². The van der Waals surface area contributed by atoms with E-state index in [0.29, 0.717) is 5.41 Å². The second-order valence-corrected chi connectivity index (χ2v) is 4.99. The minimum absolute atomic E-state index is 0.608. The van der Waals surface area contributed by atoms with Crippen molar-refractivity contribution in [3.8, 4) is 0 Å². The fourth-order valence-electron chi connectivity index (χ4n) is 2.40. The third kappa shape index (κ3) is 4.84. The first-order valence-electron chi connectivity index (χ1n) is 6.99. The van der Waals surface area contributed by atoms with Gasteiger partial charge in [0.25, 0.3) is 0 Å². The average Bonchev–Trinajstić information content (AvgIpc) is 2.35. The molecule has 2 heteroatoms. The molecule has 0 unspecified atom stereocenters. The molecule has 0 aromatic heterocycles. The van der Waals surface area contributed by atoms with Crippen molar-refractivity contribution >= 4 is 0 Å². The van der Waals surface area contributed by atoms with Gasteiger partial charge in [0.2, 0.25) is 0 Å². The second-order valence-electron chi connectivity index (χ2n) is 4.99. The zero-order valence-corrected chi connectivity index (χ0v) is 12.3. The van der Waals surface area contributed by atoms with Crippen molar-refractivity contribution in [1.82, 2.24) is 9.80 Å². The number of hydrogen-bond donors (Lipinski definition) is 0. The summed E-state index contributed by atoms with van der Waals surface area (Å²) in [5.74, 6) is 0. The van der Waals surface area contributed by atoms with E-state index in [1.807, 2.05) is 13.8 Å². The number of rotatable bonds is 4. The summed E-state index contributed by atoms with van der Waals surface area (Å²) in [6.45, 7) is 13.6. The summed E-state index contributed by atoms with van der Waals surface area (Å²) in [6, 6.07) is 0. The van der Waals surface area contributed by atoms with Crippen LogP contribution in [0.2, 0.25) is 0 Å². The SMILES string of the molecule is CC.CCN(C)CC1(CC)CCN(C)CC1. The van der Waals surface area contributed by atoms with Crippen LogP contribution in [-0.2, 0) is 0 Å². The lowest BCUT2D eigenvalue weighted by atomic mass is 9.76. The zero-order chi connectivity index (χ0) is 12.6. The summed E-state index contributed by atoms with van der Waals surface area (Å²) in [5, 5.41) is 0. The molecular formula is C14H32N2. The molecule has 1 fully saturated rings. The van der Waals surface area contributed by atoms with Crippen molar-refractivity contribution in [3.63, 3.8) is 0 Å². The van der Waals surface area contributed by atoms with Crippen LogP contribution in [0, 0.1) is 5.41 Å². The van der Waals surface area contributed by atoms with Gasteiger partial charge in [0, 0.05) is 6.54 Å². The van der Waals surface area contributed by atoms with Crippen LogP contribution < -0.4 is 0 Å². The molecule has 0 aromatic carbocycles. The molecule has 0 amide bonds. The second kappa shape index (κ2) is 8.08. The van der Waals surface area contributed by atoms with Gasteiger partial charge in [-0.25, -0.2) is 0 Å². The highest BCUT2D eigenvalue weighted by molar-refractivity contribution is 4.86. The summed E-state index contributed by atoms with van der Waals surface area (Å²) in [7, 11) is 4.48. The Balaban J connectivity index is 0.00000106. The largest absolute Gasteiger partial charge is 0.306 e. The van der Waals surface area contributed by atoms with E-state index in [9.17, 15) is 0 Å². The molecule has 1 aliphatic heterocycles. The van der Waals surface area contributed by atoms with Crippen molar-refractivity contribution in [2.24, 2.45) is 5.41 Å². The maximum atomic E-state index is 2.47. The first kappa shape index (κ1) is 15.9. The van der Waals surface area contributed by atoms with Gasteiger partial charge < -0.3 is 9.80 Å². The van der Waals surface area contributed by atoms with Crippen molar-refractivity contribution in [1.29, 1.82) is 0 Å². The third-order valence-corrected chi connectivity index (χ3v) is 3.94. The summed E-state index contributed by atoms with van der Waals surface area (Å²) in [4.78, 5) is 4.93. The Morgan fingerprint density at radius 1 is 1.12 bits per heavy atom. The number of piperidine rings is 1. The van der Waals surface area contributed by atoms with E-state index >= 15 is 0 Å². The first-order chi connectivity index (χ1) is 7.62. The molecule has 2 nitrogen and oxygen atoms in total. The molecule has 0 atom stereocenters. The lowest BCUT2D eigenvalue weighted by Gasteiger charge is -2.42. The molecule has 1 aliphatic rings. The molecule has 1 heterocycles. The maximum absolute atomic E-state index is 2.47. The van der Waals surface area contributed by atoms with Gasteiger partial charge in [0.05, 0.1) is 0 Å². The van der Waals surface area contributed by atoms with Crippen molar-refractivity contribution in [2.75, 3.05) is 40.3 Å². The molecule has 0 aliphatic carbocycles. The lowest BCUT2D eigenvalue weighted by molar-refractivity contribution is 0.0795. The van der Waals surface area contributed by atoms with E-state index in [4.69, 9.17) is 0 Å². The molecule has 16 heavy (non-hydrogen) atoms. The molecule has 0 aromatic rings. The topological polar surface area (TPSA) is 6.48 Å². The van der Waals surface area contributed by atoms with E-state index in [0.717, 1.165) is 0 Å². The van der Waals surface area contributed by atoms with Crippen LogP contribution >= 0.6 is 0 Å². The molecular weight excluding hydrogens is 196 g/mol. The predicted octanol–water partition coefficient (Wildman–Crippen LogP) is 3.09. The maximum Gasteiger partial charge on any atom is 0.00357 e. The van der Waals surface area contributed by atoms with Crippen LogP contribution in [0.25, 0.3) is 0 Å². The van der Waals surface area contributed by atoms with Crippen LogP contribution in [0.3, 0.4) is 0 Å². The molecule has 1 saturated heterocycles. The van der Waals surface area contributed by atoms with Crippen LogP contribution in [0.4, 0.5) is 0 Å². The highest BCUT2D eigenvalue weighted by atomic mass is 15.1. The van der Waals surface area contributed by atoms with Gasteiger partial charge in [0.1, 0.15) is 0 Å². The Hall–Kier alpha value is -0.0800. The molecule has 0 radical (unpaired) electrons.